The van der Waals surface area contributed by atoms with Crippen LogP contribution in [0, 0.1) is 11.8 Å². The van der Waals surface area contributed by atoms with Gasteiger partial charge in [0.25, 0.3) is 0 Å². The van der Waals surface area contributed by atoms with Crippen molar-refractivity contribution in [1.29, 1.82) is 0 Å². The number of halogens is 1. The fraction of sp³-hybridized carbons (Fsp3) is 0.731. The van der Waals surface area contributed by atoms with Gasteiger partial charge in [-0.05, 0) is 12.8 Å². The summed E-state index contributed by atoms with van der Waals surface area (Å²) in [6.07, 6.45) is 4.43. The Morgan fingerprint density at radius 2 is 1.92 bits per heavy atom. The number of thioether (sulfide) groups is 1. The number of fused-ring (bicyclic) bond motifs is 1. The highest BCUT2D eigenvalue weighted by Crippen LogP contribution is 2.68. The number of ether oxygens (including phenoxy) is 1. The molecule has 37 heavy (non-hydrogen) atoms. The average molecular weight is 600 g/mol. The summed E-state index contributed by atoms with van der Waals surface area (Å²) in [4.78, 5) is 49.3. The van der Waals surface area contributed by atoms with Gasteiger partial charge in [0, 0.05) is 69.5 Å². The van der Waals surface area contributed by atoms with Crippen LogP contribution in [0.5, 0.6) is 0 Å². The number of hydrogen-bond donors (Lipinski definition) is 1. The summed E-state index contributed by atoms with van der Waals surface area (Å²) in [5, 5.41) is 9.48. The van der Waals surface area contributed by atoms with Gasteiger partial charge in [0.15, 0.2) is 0 Å². The normalized spacial score (nSPS) is 32.9. The van der Waals surface area contributed by atoms with Crippen LogP contribution < -0.4 is 0 Å². The largest absolute Gasteiger partial charge is 0.396 e. The number of carbonyl (C=O) groups is 3. The van der Waals surface area contributed by atoms with Crippen LogP contribution in [-0.4, -0.2) is 136 Å². The lowest BCUT2D eigenvalue weighted by molar-refractivity contribution is -0.144. The van der Waals surface area contributed by atoms with Crippen LogP contribution >= 0.6 is 27.7 Å². The van der Waals surface area contributed by atoms with Gasteiger partial charge < -0.3 is 24.5 Å². The van der Waals surface area contributed by atoms with Crippen LogP contribution in [0.15, 0.2) is 25.3 Å². The molecule has 6 atom stereocenters. The molecule has 1 N–H and O–H groups in total. The van der Waals surface area contributed by atoms with E-state index in [-0.39, 0.29) is 41.0 Å². The van der Waals surface area contributed by atoms with Gasteiger partial charge in [-0.15, -0.1) is 24.9 Å². The molecule has 11 heteroatoms. The maximum Gasteiger partial charge on any atom is 0.247 e. The molecule has 0 aromatic heterocycles. The summed E-state index contributed by atoms with van der Waals surface area (Å²) in [5.74, 6) is -1.38. The third kappa shape index (κ3) is 5.26. The third-order valence-electron chi connectivity index (χ3n) is 8.10. The van der Waals surface area contributed by atoms with Crippen molar-refractivity contribution in [3.05, 3.63) is 25.3 Å². The second-order valence-corrected chi connectivity index (χ2v) is 13.0. The maximum absolute atomic E-state index is 14.3. The zero-order valence-electron chi connectivity index (χ0n) is 21.6. The van der Waals surface area contributed by atoms with Crippen LogP contribution in [0.2, 0.25) is 0 Å². The van der Waals surface area contributed by atoms with E-state index in [1.54, 1.807) is 45.7 Å². The molecule has 3 unspecified atom stereocenters. The lowest BCUT2D eigenvalue weighted by Gasteiger charge is -2.38. The highest BCUT2D eigenvalue weighted by molar-refractivity contribution is 9.09. The molecule has 206 valence electrons. The van der Waals surface area contributed by atoms with Crippen molar-refractivity contribution in [1.82, 2.24) is 19.6 Å². The predicted octanol–water partition coefficient (Wildman–Crippen LogP) is 0.825. The molecular formula is C26H39BrN4O5S. The number of alkyl halides is 1. The molecule has 1 spiro atoms. The lowest BCUT2D eigenvalue weighted by atomic mass is 9.70. The van der Waals surface area contributed by atoms with E-state index in [2.05, 4.69) is 34.0 Å². The summed E-state index contributed by atoms with van der Waals surface area (Å²) < 4.78 is 4.77. The Kier molecular flexibility index (Phi) is 9.43. The number of likely N-dealkylation sites (tertiary alicyclic amines) is 1. The van der Waals surface area contributed by atoms with E-state index in [0.717, 1.165) is 19.6 Å². The molecule has 4 aliphatic heterocycles. The molecule has 0 radical (unpaired) electrons. The number of rotatable bonds is 12. The molecule has 9 nitrogen and oxygen atoms in total. The molecule has 0 aliphatic carbocycles. The van der Waals surface area contributed by atoms with Crippen LogP contribution in [0.1, 0.15) is 12.8 Å². The van der Waals surface area contributed by atoms with Crippen LogP contribution in [0.25, 0.3) is 0 Å². The van der Waals surface area contributed by atoms with Crippen molar-refractivity contribution < 1.29 is 24.2 Å². The highest BCUT2D eigenvalue weighted by Gasteiger charge is 2.75. The summed E-state index contributed by atoms with van der Waals surface area (Å²) in [6.45, 7) is 12.9. The number of morpholine rings is 1. The third-order valence-corrected chi connectivity index (χ3v) is 11.3. The maximum atomic E-state index is 14.3. The van der Waals surface area contributed by atoms with Crippen molar-refractivity contribution in [3.8, 4) is 0 Å². The van der Waals surface area contributed by atoms with E-state index in [9.17, 15) is 19.5 Å². The van der Waals surface area contributed by atoms with Gasteiger partial charge in [-0.3, -0.25) is 19.3 Å². The van der Waals surface area contributed by atoms with Crippen molar-refractivity contribution >= 4 is 45.4 Å². The Labute approximate surface area is 232 Å². The molecule has 4 aliphatic rings. The fourth-order valence-electron chi connectivity index (χ4n) is 6.42. The summed E-state index contributed by atoms with van der Waals surface area (Å²) >= 11 is 5.45. The monoisotopic (exact) mass is 598 g/mol. The molecule has 0 aromatic carbocycles. The first-order chi connectivity index (χ1) is 17.8. The predicted molar refractivity (Wildman–Crippen MR) is 147 cm³/mol. The first-order valence-electron chi connectivity index (χ1n) is 13.1. The van der Waals surface area contributed by atoms with E-state index < -0.39 is 22.6 Å². The molecule has 3 amide bonds. The fourth-order valence-corrected chi connectivity index (χ4v) is 10.0. The molecule has 0 saturated carbocycles. The van der Waals surface area contributed by atoms with Gasteiger partial charge in [0.1, 0.15) is 6.04 Å². The Hall–Kier alpha value is -1.40. The Balaban J connectivity index is 1.65. The Bertz CT molecular complexity index is 902. The summed E-state index contributed by atoms with van der Waals surface area (Å²) in [6, 6.07) is -0.682. The van der Waals surface area contributed by atoms with Crippen LogP contribution in [0.4, 0.5) is 0 Å². The summed E-state index contributed by atoms with van der Waals surface area (Å²) in [7, 11) is 1.74. The van der Waals surface area contributed by atoms with Gasteiger partial charge >= 0.3 is 0 Å². The van der Waals surface area contributed by atoms with Crippen LogP contribution in [0.3, 0.4) is 0 Å². The quantitative estimate of drug-likeness (QED) is 0.263. The molecule has 4 heterocycles. The number of aliphatic hydroxyl groups is 1. The number of nitrogens with zero attached hydrogens (tertiary/aromatic N) is 4. The van der Waals surface area contributed by atoms with E-state index in [4.69, 9.17) is 4.74 Å². The molecule has 2 bridgehead atoms. The topological polar surface area (TPSA) is 93.6 Å². The molecule has 4 saturated heterocycles. The van der Waals surface area contributed by atoms with E-state index in [1.807, 2.05) is 0 Å². The number of likely N-dealkylation sites (N-methyl/N-ethyl adjacent to an activating group) is 1. The number of aliphatic hydroxyl groups excluding tert-OH is 1. The lowest BCUT2D eigenvalue weighted by Crippen LogP contribution is -2.56. The zero-order valence-corrected chi connectivity index (χ0v) is 24.0. The van der Waals surface area contributed by atoms with E-state index in [1.165, 1.54) is 0 Å². The van der Waals surface area contributed by atoms with Crippen molar-refractivity contribution in [2.45, 2.75) is 33.7 Å². The van der Waals surface area contributed by atoms with Crippen molar-refractivity contribution in [2.24, 2.45) is 11.8 Å². The van der Waals surface area contributed by atoms with Crippen molar-refractivity contribution in [2.75, 3.05) is 72.7 Å². The van der Waals surface area contributed by atoms with Gasteiger partial charge in [-0.1, -0.05) is 28.1 Å². The minimum Gasteiger partial charge on any atom is -0.396 e. The van der Waals surface area contributed by atoms with E-state index in [0.29, 0.717) is 45.7 Å². The number of amides is 3. The standard InChI is InChI=1S/C26H39BrN4O5S/c1-4-7-28(3)23(33)19-20-24(34)31(9-6-14-32)22(26(20)17-18(27)21(19)37-26)25(35)30(8-5-2)11-10-29-12-15-36-16-13-29/h4-5,18-22,32H,1-2,6-17H2,3H3/t18?,19-,20+,21-,22?,26?/m1/s1. The molecule has 0 aromatic rings. The van der Waals surface area contributed by atoms with Gasteiger partial charge in [-0.2, -0.15) is 0 Å². The molecule has 4 rings (SSSR count). The smallest absolute Gasteiger partial charge is 0.247 e. The average Bonchev–Trinajstić information content (AvgIpc) is 3.48. The first-order valence-corrected chi connectivity index (χ1v) is 14.9. The van der Waals surface area contributed by atoms with Gasteiger partial charge in [0.05, 0.1) is 29.8 Å². The number of carbonyl (C=O) groups excluding carboxylic acids is 3. The first kappa shape index (κ1) is 28.6. The minimum absolute atomic E-state index is 0.0296. The number of hydrogen-bond acceptors (Lipinski definition) is 7. The second kappa shape index (κ2) is 12.2. The van der Waals surface area contributed by atoms with Gasteiger partial charge in [0.2, 0.25) is 17.7 Å². The second-order valence-electron chi connectivity index (χ2n) is 10.3. The van der Waals surface area contributed by atoms with Crippen molar-refractivity contribution in [3.63, 3.8) is 0 Å². The van der Waals surface area contributed by atoms with Crippen LogP contribution in [-0.2, 0) is 19.1 Å². The SMILES string of the molecule is C=CCN(C)C(=O)[C@H]1[C@@H]2SC3(CC2Br)C(C(=O)N(CC=C)CCN2CCOCC2)N(CCCO)C(=O)[C@H]13. The molecule has 4 fully saturated rings. The highest BCUT2D eigenvalue weighted by atomic mass is 79.9. The summed E-state index contributed by atoms with van der Waals surface area (Å²) in [5.41, 5.74) is 0. The van der Waals surface area contributed by atoms with E-state index >= 15 is 0 Å². The molecular weight excluding hydrogens is 560 g/mol. The van der Waals surface area contributed by atoms with Gasteiger partial charge in [-0.25, -0.2) is 0 Å². The zero-order chi connectivity index (χ0) is 26.7. The minimum atomic E-state index is -0.684. The Morgan fingerprint density at radius 1 is 1.22 bits per heavy atom. The Morgan fingerprint density at radius 3 is 2.57 bits per heavy atom.